The van der Waals surface area contributed by atoms with Crippen LogP contribution in [0.5, 0.6) is 0 Å². The standard InChI is InChI=1S/C20H17N7O3S2/c1-10-14(18-25-26-12(3)23-24-20(26)32-18)7-4-8-15(10)21-19(31)22-17(28)13-6-5-9-16(11(13)2)27(29)30/h4-9H,1-3H3,(H2,21,22,28,31). The molecular weight excluding hydrogens is 450 g/mol. The predicted molar refractivity (Wildman–Crippen MR) is 125 cm³/mol. The van der Waals surface area contributed by atoms with Crippen LogP contribution < -0.4 is 10.6 Å². The number of amides is 1. The summed E-state index contributed by atoms with van der Waals surface area (Å²) in [5, 5.41) is 30.3. The Morgan fingerprint density at radius 3 is 2.59 bits per heavy atom. The number of carbonyl (C=O) groups is 1. The first kappa shape index (κ1) is 21.5. The molecule has 2 N–H and O–H groups in total. The topological polar surface area (TPSA) is 127 Å². The number of rotatable bonds is 4. The molecule has 2 aromatic carbocycles. The van der Waals surface area contributed by atoms with Gasteiger partial charge in [-0.3, -0.25) is 20.2 Å². The van der Waals surface area contributed by atoms with Crippen molar-refractivity contribution in [3.8, 4) is 10.6 Å². The Labute approximate surface area is 191 Å². The maximum atomic E-state index is 12.6. The maximum absolute atomic E-state index is 12.6. The molecule has 10 nitrogen and oxygen atoms in total. The summed E-state index contributed by atoms with van der Waals surface area (Å²) in [5.41, 5.74) is 2.82. The molecule has 1 amide bonds. The van der Waals surface area contributed by atoms with Crippen molar-refractivity contribution in [3.63, 3.8) is 0 Å². The van der Waals surface area contributed by atoms with Crippen LogP contribution in [-0.2, 0) is 0 Å². The number of nitrogens with zero attached hydrogens (tertiary/aromatic N) is 5. The lowest BCUT2D eigenvalue weighted by atomic mass is 10.1. The van der Waals surface area contributed by atoms with Crippen molar-refractivity contribution in [1.82, 2.24) is 25.1 Å². The van der Waals surface area contributed by atoms with E-state index in [9.17, 15) is 14.9 Å². The lowest BCUT2D eigenvalue weighted by molar-refractivity contribution is -0.385. The molecular formula is C20H17N7O3S2. The fourth-order valence-electron chi connectivity index (χ4n) is 3.22. The van der Waals surface area contributed by atoms with Crippen molar-refractivity contribution in [2.24, 2.45) is 0 Å². The third kappa shape index (κ3) is 3.92. The van der Waals surface area contributed by atoms with Crippen molar-refractivity contribution in [3.05, 3.63) is 69.0 Å². The number of benzene rings is 2. The van der Waals surface area contributed by atoms with Crippen LogP contribution in [0.1, 0.15) is 27.3 Å². The van der Waals surface area contributed by atoms with Crippen LogP contribution in [-0.4, -0.2) is 35.8 Å². The number of nitro benzene ring substituents is 1. The Balaban J connectivity index is 1.54. The molecule has 2 aromatic heterocycles. The zero-order valence-corrected chi connectivity index (χ0v) is 18.9. The van der Waals surface area contributed by atoms with Crippen molar-refractivity contribution in [2.45, 2.75) is 20.8 Å². The van der Waals surface area contributed by atoms with Gasteiger partial charge < -0.3 is 5.32 Å². The second-order valence-electron chi connectivity index (χ2n) is 6.94. The molecule has 0 spiro atoms. The highest BCUT2D eigenvalue weighted by atomic mass is 32.1. The molecule has 12 heteroatoms. The van der Waals surface area contributed by atoms with E-state index < -0.39 is 10.8 Å². The van der Waals surface area contributed by atoms with Crippen LogP contribution in [0.4, 0.5) is 11.4 Å². The molecule has 162 valence electrons. The van der Waals surface area contributed by atoms with Gasteiger partial charge in [0, 0.05) is 28.4 Å². The molecule has 4 aromatic rings. The first-order chi connectivity index (χ1) is 15.3. The van der Waals surface area contributed by atoms with Gasteiger partial charge in [-0.1, -0.05) is 29.5 Å². The number of fused-ring (bicyclic) bond motifs is 1. The zero-order valence-electron chi connectivity index (χ0n) is 17.2. The van der Waals surface area contributed by atoms with Gasteiger partial charge in [-0.2, -0.15) is 9.61 Å². The van der Waals surface area contributed by atoms with Crippen LogP contribution in [0.3, 0.4) is 0 Å². The number of hydrogen-bond donors (Lipinski definition) is 2. The Hall–Kier alpha value is -3.77. The van der Waals surface area contributed by atoms with Crippen molar-refractivity contribution >= 4 is 50.9 Å². The summed E-state index contributed by atoms with van der Waals surface area (Å²) in [6.07, 6.45) is 0. The number of anilines is 1. The first-order valence-electron chi connectivity index (χ1n) is 9.41. The minimum Gasteiger partial charge on any atom is -0.332 e. The molecule has 0 aliphatic rings. The van der Waals surface area contributed by atoms with Gasteiger partial charge in [0.05, 0.1) is 4.92 Å². The van der Waals surface area contributed by atoms with Crippen molar-refractivity contribution < 1.29 is 9.72 Å². The Kier molecular flexibility index (Phi) is 5.63. The normalized spacial score (nSPS) is 10.8. The third-order valence-electron chi connectivity index (χ3n) is 4.93. The number of aromatic nitrogens is 4. The van der Waals surface area contributed by atoms with Gasteiger partial charge in [0.25, 0.3) is 11.6 Å². The van der Waals surface area contributed by atoms with E-state index >= 15 is 0 Å². The molecule has 0 bridgehead atoms. The van der Waals surface area contributed by atoms with E-state index in [4.69, 9.17) is 12.2 Å². The summed E-state index contributed by atoms with van der Waals surface area (Å²) < 4.78 is 1.69. The van der Waals surface area contributed by atoms with Gasteiger partial charge >= 0.3 is 0 Å². The number of hydrogen-bond acceptors (Lipinski definition) is 8. The third-order valence-corrected chi connectivity index (χ3v) is 6.07. The molecule has 2 heterocycles. The average Bonchev–Trinajstić information content (AvgIpc) is 3.31. The average molecular weight is 468 g/mol. The molecule has 0 radical (unpaired) electrons. The van der Waals surface area contributed by atoms with Crippen LogP contribution in [0.15, 0.2) is 36.4 Å². The molecule has 0 fully saturated rings. The van der Waals surface area contributed by atoms with Gasteiger partial charge in [0.2, 0.25) is 4.96 Å². The maximum Gasteiger partial charge on any atom is 0.273 e. The molecule has 0 aliphatic heterocycles. The van der Waals surface area contributed by atoms with E-state index in [1.165, 1.54) is 36.5 Å². The number of carbonyl (C=O) groups excluding carboxylic acids is 1. The van der Waals surface area contributed by atoms with Gasteiger partial charge in [0.15, 0.2) is 10.9 Å². The van der Waals surface area contributed by atoms with Crippen LogP contribution in [0.2, 0.25) is 0 Å². The highest BCUT2D eigenvalue weighted by Gasteiger charge is 2.19. The molecule has 0 saturated carbocycles. The highest BCUT2D eigenvalue weighted by Crippen LogP contribution is 2.31. The van der Waals surface area contributed by atoms with Crippen LogP contribution >= 0.6 is 23.6 Å². The minimum absolute atomic E-state index is 0.0788. The Morgan fingerprint density at radius 2 is 1.88 bits per heavy atom. The summed E-state index contributed by atoms with van der Waals surface area (Å²) in [7, 11) is 0. The van der Waals surface area contributed by atoms with E-state index in [0.29, 0.717) is 16.5 Å². The van der Waals surface area contributed by atoms with E-state index in [1.54, 1.807) is 4.52 Å². The van der Waals surface area contributed by atoms with Gasteiger partial charge in [-0.05, 0) is 50.7 Å². The van der Waals surface area contributed by atoms with Crippen LogP contribution in [0.25, 0.3) is 15.5 Å². The Morgan fingerprint density at radius 1 is 1.12 bits per heavy atom. The van der Waals surface area contributed by atoms with E-state index in [1.807, 2.05) is 32.0 Å². The van der Waals surface area contributed by atoms with Gasteiger partial charge in [-0.25, -0.2) is 0 Å². The zero-order chi connectivity index (χ0) is 23.0. The Bertz CT molecular complexity index is 1390. The van der Waals surface area contributed by atoms with E-state index in [2.05, 4.69) is 25.9 Å². The number of nitrogens with one attached hydrogen (secondary N) is 2. The lowest BCUT2D eigenvalue weighted by Crippen LogP contribution is -2.34. The number of nitro groups is 1. The molecule has 0 atom stereocenters. The summed E-state index contributed by atoms with van der Waals surface area (Å²) >= 11 is 6.72. The van der Waals surface area contributed by atoms with Crippen molar-refractivity contribution in [2.75, 3.05) is 5.32 Å². The molecule has 0 unspecified atom stereocenters. The monoisotopic (exact) mass is 467 g/mol. The van der Waals surface area contributed by atoms with Gasteiger partial charge in [-0.15, -0.1) is 10.2 Å². The number of thiocarbonyl (C=S) groups is 1. The SMILES string of the molecule is Cc1c(NC(=S)NC(=O)c2cccc([N+](=O)[O-])c2C)cccc1-c1nn2c(C)nnc2s1. The summed E-state index contributed by atoms with van der Waals surface area (Å²) in [4.78, 5) is 23.9. The molecule has 32 heavy (non-hydrogen) atoms. The predicted octanol–water partition coefficient (Wildman–Crippen LogP) is 3.81. The number of aryl methyl sites for hydroxylation is 1. The van der Waals surface area contributed by atoms with Crippen molar-refractivity contribution in [1.29, 1.82) is 0 Å². The fourth-order valence-corrected chi connectivity index (χ4v) is 4.39. The summed E-state index contributed by atoms with van der Waals surface area (Å²) in [6, 6.07) is 9.96. The van der Waals surface area contributed by atoms with Crippen LogP contribution in [0, 0.1) is 30.9 Å². The smallest absolute Gasteiger partial charge is 0.273 e. The molecule has 4 rings (SSSR count). The molecule has 0 aliphatic carbocycles. The molecule has 0 saturated heterocycles. The van der Waals surface area contributed by atoms with E-state index in [-0.39, 0.29) is 21.9 Å². The minimum atomic E-state index is -0.526. The first-order valence-corrected chi connectivity index (χ1v) is 10.6. The largest absolute Gasteiger partial charge is 0.332 e. The summed E-state index contributed by atoms with van der Waals surface area (Å²) in [5.74, 6) is 0.177. The highest BCUT2D eigenvalue weighted by molar-refractivity contribution is 7.80. The lowest BCUT2D eigenvalue weighted by Gasteiger charge is -2.14. The van der Waals surface area contributed by atoms with Gasteiger partial charge in [0.1, 0.15) is 5.01 Å². The van der Waals surface area contributed by atoms with E-state index in [0.717, 1.165) is 16.1 Å². The fraction of sp³-hybridized carbons (Fsp3) is 0.150. The summed E-state index contributed by atoms with van der Waals surface area (Å²) in [6.45, 7) is 5.28. The quantitative estimate of drug-likeness (QED) is 0.263. The second-order valence-corrected chi connectivity index (χ2v) is 8.31. The second kappa shape index (κ2) is 8.40.